The Hall–Kier alpha value is -3.52. The summed E-state index contributed by atoms with van der Waals surface area (Å²) in [6.45, 7) is 5.16. The molecule has 42 heavy (non-hydrogen) atoms. The van der Waals surface area contributed by atoms with E-state index in [4.69, 9.17) is 4.74 Å². The van der Waals surface area contributed by atoms with Gasteiger partial charge >= 0.3 is 0 Å². The minimum absolute atomic E-state index is 0.0364. The van der Waals surface area contributed by atoms with Crippen LogP contribution in [0.1, 0.15) is 29.8 Å². The molecule has 0 aliphatic carbocycles. The van der Waals surface area contributed by atoms with Crippen molar-refractivity contribution in [2.75, 3.05) is 31.5 Å². The molecular weight excluding hydrogens is 585 g/mol. The third-order valence-corrected chi connectivity index (χ3v) is 10.4. The van der Waals surface area contributed by atoms with Crippen LogP contribution in [-0.2, 0) is 20.0 Å². The molecule has 0 radical (unpaired) electrons. The average Bonchev–Trinajstić information content (AvgIpc) is 2.95. The minimum Gasteiger partial charge on any atom is -0.488 e. The zero-order chi connectivity index (χ0) is 30.8. The van der Waals surface area contributed by atoms with Crippen molar-refractivity contribution in [3.63, 3.8) is 0 Å². The van der Waals surface area contributed by atoms with E-state index in [9.17, 15) is 31.1 Å². The number of rotatable bonds is 9. The molecular formula is C29H34FN3O7S2. The van der Waals surface area contributed by atoms with Crippen LogP contribution in [0.25, 0.3) is 0 Å². The molecule has 0 aromatic heterocycles. The summed E-state index contributed by atoms with van der Waals surface area (Å²) >= 11 is 0. The first-order valence-electron chi connectivity index (χ1n) is 13.3. The Morgan fingerprint density at radius 2 is 1.67 bits per heavy atom. The van der Waals surface area contributed by atoms with Gasteiger partial charge in [-0.1, -0.05) is 24.6 Å². The molecule has 1 aliphatic heterocycles. The van der Waals surface area contributed by atoms with Crippen LogP contribution in [0.2, 0.25) is 0 Å². The van der Waals surface area contributed by atoms with Gasteiger partial charge in [-0.05, 0) is 68.4 Å². The minimum atomic E-state index is -4.10. The lowest BCUT2D eigenvalue weighted by Gasteiger charge is -2.38. The topological polar surface area (TPSA) is 133 Å². The number of carbonyl (C=O) groups is 1. The highest BCUT2D eigenvalue weighted by Gasteiger charge is 2.35. The number of likely N-dealkylation sites (N-methyl/N-ethyl adjacent to an activating group) is 1. The van der Waals surface area contributed by atoms with Crippen LogP contribution in [0.5, 0.6) is 5.75 Å². The number of amides is 1. The smallest absolute Gasteiger partial charge is 0.261 e. The summed E-state index contributed by atoms with van der Waals surface area (Å²) in [4.78, 5) is 15.1. The Kier molecular flexibility index (Phi) is 9.26. The summed E-state index contributed by atoms with van der Waals surface area (Å²) in [6.07, 6.45) is -0.697. The molecule has 0 unspecified atom stereocenters. The number of aryl methyl sites for hydroxylation is 1. The molecule has 4 rings (SSSR count). The van der Waals surface area contributed by atoms with Gasteiger partial charge in [0.2, 0.25) is 10.0 Å². The maximum Gasteiger partial charge on any atom is 0.261 e. The Morgan fingerprint density at radius 1 is 1.05 bits per heavy atom. The predicted octanol–water partition coefficient (Wildman–Crippen LogP) is 3.48. The van der Waals surface area contributed by atoms with Gasteiger partial charge in [0.25, 0.3) is 15.9 Å². The summed E-state index contributed by atoms with van der Waals surface area (Å²) in [6, 6.07) is 14.4. The largest absolute Gasteiger partial charge is 0.488 e. The highest BCUT2D eigenvalue weighted by Crippen LogP contribution is 2.32. The van der Waals surface area contributed by atoms with Crippen LogP contribution in [0.4, 0.5) is 10.1 Å². The molecule has 3 atom stereocenters. The first-order chi connectivity index (χ1) is 19.7. The number of aliphatic hydroxyl groups is 1. The quantitative estimate of drug-likeness (QED) is 0.375. The van der Waals surface area contributed by atoms with E-state index in [2.05, 4.69) is 4.72 Å². The van der Waals surface area contributed by atoms with E-state index in [0.717, 1.165) is 29.8 Å². The maximum absolute atomic E-state index is 13.7. The number of halogens is 1. The number of sulfonamides is 2. The van der Waals surface area contributed by atoms with Gasteiger partial charge in [-0.3, -0.25) is 9.52 Å². The summed E-state index contributed by atoms with van der Waals surface area (Å²) in [5.41, 5.74) is 1.03. The van der Waals surface area contributed by atoms with Gasteiger partial charge in [-0.25, -0.2) is 21.2 Å². The van der Waals surface area contributed by atoms with E-state index in [-0.39, 0.29) is 52.4 Å². The first-order valence-corrected chi connectivity index (χ1v) is 16.2. The molecule has 1 aliphatic rings. The van der Waals surface area contributed by atoms with Crippen LogP contribution in [0, 0.1) is 18.7 Å². The fraction of sp³-hybridized carbons (Fsp3) is 0.345. The third kappa shape index (κ3) is 6.75. The van der Waals surface area contributed by atoms with E-state index in [1.807, 2.05) is 13.8 Å². The molecule has 2 N–H and O–H groups in total. The number of hydrogen-bond acceptors (Lipinski definition) is 7. The van der Waals surface area contributed by atoms with Crippen LogP contribution >= 0.6 is 0 Å². The van der Waals surface area contributed by atoms with Gasteiger partial charge in [0, 0.05) is 25.2 Å². The van der Waals surface area contributed by atoms with Crippen LogP contribution < -0.4 is 9.46 Å². The lowest BCUT2D eigenvalue weighted by molar-refractivity contribution is 0.0387. The molecule has 1 heterocycles. The summed E-state index contributed by atoms with van der Waals surface area (Å²) in [5, 5.41) is 9.89. The molecule has 10 nitrogen and oxygen atoms in total. The molecule has 3 aromatic rings. The number of benzene rings is 3. The number of anilines is 1. The maximum atomic E-state index is 13.7. The van der Waals surface area contributed by atoms with Gasteiger partial charge in [-0.2, -0.15) is 4.31 Å². The first kappa shape index (κ1) is 31.4. The van der Waals surface area contributed by atoms with Crippen LogP contribution in [0.15, 0.2) is 76.5 Å². The van der Waals surface area contributed by atoms with E-state index in [0.29, 0.717) is 0 Å². The SMILES string of the molecule is Cc1ccc(S(=O)(=O)N(C)C[C@H]2Oc3ccc(NS(=O)(=O)c4ccc(F)cc4)cc3C(=O)N([C@H](C)CO)C[C@H]2C)cc1. The Bertz CT molecular complexity index is 1650. The molecule has 0 saturated heterocycles. The highest BCUT2D eigenvalue weighted by atomic mass is 32.2. The second kappa shape index (κ2) is 12.4. The number of ether oxygens (including phenoxy) is 1. The van der Waals surface area contributed by atoms with E-state index >= 15 is 0 Å². The molecule has 226 valence electrons. The molecule has 0 spiro atoms. The molecule has 0 fully saturated rings. The summed E-state index contributed by atoms with van der Waals surface area (Å²) in [5.74, 6) is -1.28. The van der Waals surface area contributed by atoms with Gasteiger partial charge in [-0.15, -0.1) is 0 Å². The van der Waals surface area contributed by atoms with Crippen molar-refractivity contribution in [2.45, 2.75) is 42.7 Å². The molecule has 0 saturated carbocycles. The van der Waals surface area contributed by atoms with Crippen molar-refractivity contribution in [1.29, 1.82) is 0 Å². The molecule has 3 aromatic carbocycles. The number of nitrogens with zero attached hydrogens (tertiary/aromatic N) is 2. The number of nitrogens with one attached hydrogen (secondary N) is 1. The Balaban J connectivity index is 1.68. The van der Waals surface area contributed by atoms with E-state index < -0.39 is 43.9 Å². The summed E-state index contributed by atoms with van der Waals surface area (Å²) < 4.78 is 75.5. The Labute approximate surface area is 245 Å². The van der Waals surface area contributed by atoms with Gasteiger partial charge in [0.1, 0.15) is 17.7 Å². The normalized spacial score (nSPS) is 18.5. The molecule has 0 bridgehead atoms. The second-order valence-electron chi connectivity index (χ2n) is 10.5. The van der Waals surface area contributed by atoms with Crippen molar-refractivity contribution in [2.24, 2.45) is 5.92 Å². The summed E-state index contributed by atoms with van der Waals surface area (Å²) in [7, 11) is -6.49. The van der Waals surface area contributed by atoms with Crippen molar-refractivity contribution >= 4 is 31.6 Å². The number of carbonyl (C=O) groups excluding carboxylic acids is 1. The fourth-order valence-corrected chi connectivity index (χ4v) is 6.81. The second-order valence-corrected chi connectivity index (χ2v) is 14.2. The zero-order valence-corrected chi connectivity index (χ0v) is 25.3. The number of hydrogen-bond donors (Lipinski definition) is 2. The van der Waals surface area contributed by atoms with Gasteiger partial charge < -0.3 is 14.7 Å². The van der Waals surface area contributed by atoms with E-state index in [1.54, 1.807) is 19.1 Å². The van der Waals surface area contributed by atoms with Gasteiger partial charge in [0.05, 0.1) is 34.5 Å². The lowest BCUT2D eigenvalue weighted by Crippen LogP contribution is -2.50. The van der Waals surface area contributed by atoms with Gasteiger partial charge in [0.15, 0.2) is 0 Å². The van der Waals surface area contributed by atoms with Crippen LogP contribution in [0.3, 0.4) is 0 Å². The Morgan fingerprint density at radius 3 is 2.29 bits per heavy atom. The fourth-order valence-electron chi connectivity index (χ4n) is 4.57. The zero-order valence-electron chi connectivity index (χ0n) is 23.7. The monoisotopic (exact) mass is 619 g/mol. The standard InChI is InChI=1S/C29H34FN3O7S2/c1-19-5-10-25(11-6-19)42(38,39)32(4)17-28-20(2)16-33(21(3)18-34)29(35)26-15-23(9-14-27(26)40-28)31-41(36,37)24-12-7-22(30)8-13-24/h5-15,20-21,28,31,34H,16-18H2,1-4H3/t20-,21-,28-/m1/s1. The lowest BCUT2D eigenvalue weighted by atomic mass is 9.99. The van der Waals surface area contributed by atoms with Crippen LogP contribution in [-0.4, -0.2) is 75.9 Å². The third-order valence-electron chi connectivity index (χ3n) is 7.21. The predicted molar refractivity (Wildman–Crippen MR) is 156 cm³/mol. The number of fused-ring (bicyclic) bond motifs is 1. The molecule has 13 heteroatoms. The highest BCUT2D eigenvalue weighted by molar-refractivity contribution is 7.92. The van der Waals surface area contributed by atoms with Crippen molar-refractivity contribution in [1.82, 2.24) is 9.21 Å². The molecule has 1 amide bonds. The van der Waals surface area contributed by atoms with Crippen molar-refractivity contribution < 1.29 is 35.9 Å². The van der Waals surface area contributed by atoms with Crippen molar-refractivity contribution in [3.8, 4) is 5.75 Å². The van der Waals surface area contributed by atoms with E-state index in [1.165, 1.54) is 46.6 Å². The number of aliphatic hydroxyl groups excluding tert-OH is 1. The van der Waals surface area contributed by atoms with Crippen molar-refractivity contribution in [3.05, 3.63) is 83.7 Å². The average molecular weight is 620 g/mol.